The predicted molar refractivity (Wildman–Crippen MR) is 55.2 cm³/mol. The van der Waals surface area contributed by atoms with Crippen LogP contribution in [0, 0.1) is 0 Å². The van der Waals surface area contributed by atoms with Gasteiger partial charge in [0, 0.05) is 5.02 Å². The normalized spacial score (nSPS) is 15.8. The van der Waals surface area contributed by atoms with Crippen LogP contribution in [0.5, 0.6) is 5.75 Å². The molecule has 1 aromatic carbocycles. The summed E-state index contributed by atoms with van der Waals surface area (Å²) >= 11 is 5.73. The highest BCUT2D eigenvalue weighted by Gasteiger charge is 2.22. The number of phenolic OH excluding ortho intramolecular Hbond substituents is 1. The minimum absolute atomic E-state index is 0.0379. The van der Waals surface area contributed by atoms with Crippen LogP contribution in [0.15, 0.2) is 18.2 Å². The Bertz CT molecular complexity index is 390. The monoisotopic (exact) mass is 227 g/mol. The van der Waals surface area contributed by atoms with Gasteiger partial charge in [0.05, 0.1) is 24.8 Å². The van der Waals surface area contributed by atoms with Crippen molar-refractivity contribution in [1.29, 1.82) is 0 Å². The van der Waals surface area contributed by atoms with E-state index in [4.69, 9.17) is 16.3 Å². The van der Waals surface area contributed by atoms with E-state index in [1.165, 1.54) is 18.2 Å². The van der Waals surface area contributed by atoms with Crippen molar-refractivity contribution < 1.29 is 14.6 Å². The van der Waals surface area contributed by atoms with Crippen LogP contribution in [0.4, 0.5) is 0 Å². The number of aromatic hydroxyl groups is 1. The van der Waals surface area contributed by atoms with E-state index < -0.39 is 0 Å². The third-order valence-corrected chi connectivity index (χ3v) is 2.41. The molecule has 5 heteroatoms. The smallest absolute Gasteiger partial charge is 0.255 e. The van der Waals surface area contributed by atoms with E-state index in [1.807, 2.05) is 0 Å². The fourth-order valence-corrected chi connectivity index (χ4v) is 1.44. The first-order chi connectivity index (χ1) is 7.16. The zero-order chi connectivity index (χ0) is 10.8. The van der Waals surface area contributed by atoms with E-state index in [2.05, 4.69) is 5.32 Å². The second kappa shape index (κ2) is 4.08. The molecule has 1 aliphatic heterocycles. The molecule has 1 heterocycles. The van der Waals surface area contributed by atoms with Gasteiger partial charge in [0.2, 0.25) is 0 Å². The molecule has 0 unspecified atom stereocenters. The molecule has 1 amide bonds. The molecule has 1 fully saturated rings. The zero-order valence-corrected chi connectivity index (χ0v) is 8.62. The average molecular weight is 228 g/mol. The first kappa shape index (κ1) is 10.3. The standard InChI is InChI=1S/C10H10ClNO3/c11-6-1-2-9(13)8(3-6)10(14)12-7-4-15-5-7/h1-3,7,13H,4-5H2,(H,12,14). The molecule has 0 saturated carbocycles. The van der Waals surface area contributed by atoms with Gasteiger partial charge in [-0.3, -0.25) is 4.79 Å². The Balaban J connectivity index is 2.12. The number of nitrogens with one attached hydrogen (secondary N) is 1. The molecule has 0 radical (unpaired) electrons. The molecule has 0 aromatic heterocycles. The van der Waals surface area contributed by atoms with Gasteiger partial charge < -0.3 is 15.2 Å². The van der Waals surface area contributed by atoms with Crippen LogP contribution < -0.4 is 5.32 Å². The van der Waals surface area contributed by atoms with E-state index in [1.54, 1.807) is 0 Å². The van der Waals surface area contributed by atoms with Crippen molar-refractivity contribution in [1.82, 2.24) is 5.32 Å². The van der Waals surface area contributed by atoms with Crippen molar-refractivity contribution in [3.8, 4) is 5.75 Å². The fourth-order valence-electron chi connectivity index (χ4n) is 1.27. The van der Waals surface area contributed by atoms with Crippen molar-refractivity contribution in [3.05, 3.63) is 28.8 Å². The molecule has 15 heavy (non-hydrogen) atoms. The molecule has 1 saturated heterocycles. The number of amides is 1. The summed E-state index contributed by atoms with van der Waals surface area (Å²) in [6, 6.07) is 4.40. The molecule has 80 valence electrons. The quantitative estimate of drug-likeness (QED) is 0.798. The highest BCUT2D eigenvalue weighted by Crippen LogP contribution is 2.21. The molecule has 0 bridgehead atoms. The number of carbonyl (C=O) groups excluding carboxylic acids is 1. The van der Waals surface area contributed by atoms with Crippen LogP contribution in [0.2, 0.25) is 5.02 Å². The van der Waals surface area contributed by atoms with E-state index in [9.17, 15) is 9.90 Å². The van der Waals surface area contributed by atoms with Crippen LogP contribution >= 0.6 is 11.6 Å². The van der Waals surface area contributed by atoms with Crippen LogP contribution in [0.3, 0.4) is 0 Å². The summed E-state index contributed by atoms with van der Waals surface area (Å²) in [7, 11) is 0. The zero-order valence-electron chi connectivity index (χ0n) is 7.87. The van der Waals surface area contributed by atoms with E-state index in [-0.39, 0.29) is 23.3 Å². The van der Waals surface area contributed by atoms with Gasteiger partial charge in [-0.25, -0.2) is 0 Å². The molecular weight excluding hydrogens is 218 g/mol. The van der Waals surface area contributed by atoms with Crippen molar-refractivity contribution in [2.45, 2.75) is 6.04 Å². The predicted octanol–water partition coefficient (Wildman–Crippen LogP) is 1.17. The maximum atomic E-state index is 11.6. The molecule has 1 aliphatic rings. The SMILES string of the molecule is O=C(NC1COC1)c1cc(Cl)ccc1O. The molecule has 2 N–H and O–H groups in total. The number of hydrogen-bond donors (Lipinski definition) is 2. The number of carbonyl (C=O) groups is 1. The maximum absolute atomic E-state index is 11.6. The van der Waals surface area contributed by atoms with Gasteiger partial charge in [0.15, 0.2) is 0 Å². The summed E-state index contributed by atoms with van der Waals surface area (Å²) in [5, 5.41) is 12.6. The molecule has 1 aromatic rings. The number of phenols is 1. The van der Waals surface area contributed by atoms with Crippen molar-refractivity contribution in [2.24, 2.45) is 0 Å². The number of halogens is 1. The number of benzene rings is 1. The lowest BCUT2D eigenvalue weighted by Crippen LogP contribution is -2.48. The summed E-state index contributed by atoms with van der Waals surface area (Å²) in [4.78, 5) is 11.6. The lowest BCUT2D eigenvalue weighted by atomic mass is 10.1. The van der Waals surface area contributed by atoms with E-state index >= 15 is 0 Å². The Hall–Kier alpha value is -1.26. The Labute approximate surface area is 91.8 Å². The Morgan fingerprint density at radius 1 is 1.53 bits per heavy atom. The van der Waals surface area contributed by atoms with Crippen LogP contribution in [0.1, 0.15) is 10.4 Å². The highest BCUT2D eigenvalue weighted by molar-refractivity contribution is 6.31. The molecular formula is C10H10ClNO3. The first-order valence-corrected chi connectivity index (χ1v) is 4.92. The third-order valence-electron chi connectivity index (χ3n) is 2.18. The van der Waals surface area contributed by atoms with Gasteiger partial charge in [-0.2, -0.15) is 0 Å². The second-order valence-electron chi connectivity index (χ2n) is 3.37. The molecule has 0 atom stereocenters. The summed E-state index contributed by atoms with van der Waals surface area (Å²) in [5.41, 5.74) is 0.189. The number of rotatable bonds is 2. The number of ether oxygens (including phenoxy) is 1. The Morgan fingerprint density at radius 3 is 2.87 bits per heavy atom. The largest absolute Gasteiger partial charge is 0.507 e. The maximum Gasteiger partial charge on any atom is 0.255 e. The minimum Gasteiger partial charge on any atom is -0.507 e. The second-order valence-corrected chi connectivity index (χ2v) is 3.81. The van der Waals surface area contributed by atoms with E-state index in [0.717, 1.165) is 0 Å². The molecule has 2 rings (SSSR count). The van der Waals surface area contributed by atoms with Crippen molar-refractivity contribution >= 4 is 17.5 Å². The van der Waals surface area contributed by atoms with E-state index in [0.29, 0.717) is 18.2 Å². The van der Waals surface area contributed by atoms with Gasteiger partial charge >= 0.3 is 0 Å². The minimum atomic E-state index is -0.330. The lowest BCUT2D eigenvalue weighted by molar-refractivity contribution is -0.00350. The van der Waals surface area contributed by atoms with Gasteiger partial charge in [0.1, 0.15) is 5.75 Å². The average Bonchev–Trinajstić information content (AvgIpc) is 2.15. The molecule has 4 nitrogen and oxygen atoms in total. The summed E-state index contributed by atoms with van der Waals surface area (Å²) < 4.78 is 4.92. The van der Waals surface area contributed by atoms with Crippen molar-refractivity contribution in [2.75, 3.05) is 13.2 Å². The highest BCUT2D eigenvalue weighted by atomic mass is 35.5. The van der Waals surface area contributed by atoms with Gasteiger partial charge in [0.25, 0.3) is 5.91 Å². The number of hydrogen-bond acceptors (Lipinski definition) is 3. The van der Waals surface area contributed by atoms with Gasteiger partial charge in [-0.1, -0.05) is 11.6 Å². The summed E-state index contributed by atoms with van der Waals surface area (Å²) in [6.45, 7) is 1.04. The fraction of sp³-hybridized carbons (Fsp3) is 0.300. The first-order valence-electron chi connectivity index (χ1n) is 4.54. The van der Waals surface area contributed by atoms with Crippen molar-refractivity contribution in [3.63, 3.8) is 0 Å². The summed E-state index contributed by atoms with van der Waals surface area (Å²) in [6.07, 6.45) is 0. The Morgan fingerprint density at radius 2 is 2.27 bits per heavy atom. The third kappa shape index (κ3) is 2.22. The molecule has 0 spiro atoms. The van der Waals surface area contributed by atoms with Gasteiger partial charge in [-0.05, 0) is 18.2 Å². The topological polar surface area (TPSA) is 58.6 Å². The Kier molecular flexibility index (Phi) is 2.79. The summed E-state index contributed by atoms with van der Waals surface area (Å²) in [5.74, 6) is -0.402. The van der Waals surface area contributed by atoms with Crippen LogP contribution in [-0.4, -0.2) is 30.3 Å². The van der Waals surface area contributed by atoms with Crippen LogP contribution in [0.25, 0.3) is 0 Å². The molecule has 0 aliphatic carbocycles. The van der Waals surface area contributed by atoms with Gasteiger partial charge in [-0.15, -0.1) is 0 Å². The lowest BCUT2D eigenvalue weighted by Gasteiger charge is -2.26. The van der Waals surface area contributed by atoms with Crippen LogP contribution in [-0.2, 0) is 4.74 Å².